The lowest BCUT2D eigenvalue weighted by molar-refractivity contribution is -0.122. The fraction of sp³-hybridized carbons (Fsp3) is 0.333. The molecular formula is C24H27N5O4S2. The fourth-order valence-electron chi connectivity index (χ4n) is 3.73. The van der Waals surface area contributed by atoms with E-state index in [9.17, 15) is 18.0 Å². The molecule has 9 nitrogen and oxygen atoms in total. The van der Waals surface area contributed by atoms with Crippen LogP contribution < -0.4 is 14.9 Å². The van der Waals surface area contributed by atoms with Crippen molar-refractivity contribution in [3.05, 3.63) is 64.2 Å². The minimum Gasteiger partial charge on any atom is -0.312 e. The van der Waals surface area contributed by atoms with E-state index in [4.69, 9.17) is 0 Å². The van der Waals surface area contributed by atoms with E-state index >= 15 is 0 Å². The third-order valence-corrected chi connectivity index (χ3v) is 8.33. The van der Waals surface area contributed by atoms with E-state index in [0.717, 1.165) is 22.4 Å². The molecule has 1 aliphatic rings. The maximum Gasteiger partial charge on any atom is 0.240 e. The van der Waals surface area contributed by atoms with Gasteiger partial charge in [-0.1, -0.05) is 35.1 Å². The summed E-state index contributed by atoms with van der Waals surface area (Å²) in [7, 11) is -3.61. The summed E-state index contributed by atoms with van der Waals surface area (Å²) >= 11 is 1.18. The molecule has 11 heteroatoms. The van der Waals surface area contributed by atoms with Gasteiger partial charge in [0, 0.05) is 31.6 Å². The molecule has 1 unspecified atom stereocenters. The minimum atomic E-state index is -3.61. The molecular weight excluding hydrogens is 486 g/mol. The number of hydrogen-bond acceptors (Lipinski definition) is 7. The van der Waals surface area contributed by atoms with E-state index in [1.807, 2.05) is 39.0 Å². The molecule has 3 aromatic rings. The molecule has 1 atom stereocenters. The van der Waals surface area contributed by atoms with Gasteiger partial charge in [-0.25, -0.2) is 13.1 Å². The quantitative estimate of drug-likeness (QED) is 0.478. The van der Waals surface area contributed by atoms with Crippen molar-refractivity contribution in [3.63, 3.8) is 0 Å². The van der Waals surface area contributed by atoms with E-state index in [2.05, 4.69) is 20.2 Å². The number of carbonyl (C=O) groups excluding carboxylic acids is 2. The Labute approximate surface area is 208 Å². The number of anilines is 2. The van der Waals surface area contributed by atoms with Gasteiger partial charge < -0.3 is 10.2 Å². The largest absolute Gasteiger partial charge is 0.312 e. The zero-order valence-corrected chi connectivity index (χ0v) is 21.4. The smallest absolute Gasteiger partial charge is 0.240 e. The average Bonchev–Trinajstić information content (AvgIpc) is 3.42. The highest BCUT2D eigenvalue weighted by Crippen LogP contribution is 2.28. The SMILES string of the molecule is Cc1ccc(S(=O)(=O)NCCc2nnc(NC(=O)C3CC(=O)N(c4ccc(C)c(C)c4)C3)s2)cc1. The van der Waals surface area contributed by atoms with Crippen molar-refractivity contribution < 1.29 is 18.0 Å². The van der Waals surface area contributed by atoms with Crippen molar-refractivity contribution in [1.82, 2.24) is 14.9 Å². The first-order chi connectivity index (χ1) is 16.6. The number of sulfonamides is 1. The van der Waals surface area contributed by atoms with Crippen LogP contribution in [0.1, 0.15) is 28.1 Å². The molecule has 1 aliphatic heterocycles. The third-order valence-electron chi connectivity index (χ3n) is 5.96. The van der Waals surface area contributed by atoms with Crippen LogP contribution in [0.5, 0.6) is 0 Å². The maximum atomic E-state index is 12.8. The number of amides is 2. The van der Waals surface area contributed by atoms with Crippen LogP contribution in [-0.4, -0.2) is 43.5 Å². The first-order valence-electron chi connectivity index (χ1n) is 11.2. The van der Waals surface area contributed by atoms with E-state index in [-0.39, 0.29) is 29.7 Å². The van der Waals surface area contributed by atoms with Gasteiger partial charge in [0.1, 0.15) is 5.01 Å². The van der Waals surface area contributed by atoms with Gasteiger partial charge in [-0.15, -0.1) is 10.2 Å². The summed E-state index contributed by atoms with van der Waals surface area (Å²) < 4.78 is 27.3. The predicted molar refractivity (Wildman–Crippen MR) is 135 cm³/mol. The summed E-state index contributed by atoms with van der Waals surface area (Å²) in [6.07, 6.45) is 0.465. The Balaban J connectivity index is 1.30. The lowest BCUT2D eigenvalue weighted by Gasteiger charge is -2.17. The normalized spacial score (nSPS) is 16.0. The molecule has 4 rings (SSSR count). The lowest BCUT2D eigenvalue weighted by Crippen LogP contribution is -2.28. The maximum absolute atomic E-state index is 12.8. The highest BCUT2D eigenvalue weighted by Gasteiger charge is 2.35. The molecule has 0 radical (unpaired) electrons. The Hall–Kier alpha value is -3.15. The molecule has 1 saturated heterocycles. The first kappa shape index (κ1) is 25.0. The van der Waals surface area contributed by atoms with Crippen LogP contribution in [0.25, 0.3) is 0 Å². The highest BCUT2D eigenvalue weighted by atomic mass is 32.2. The van der Waals surface area contributed by atoms with Crippen molar-refractivity contribution in [1.29, 1.82) is 0 Å². The third kappa shape index (κ3) is 5.92. The van der Waals surface area contributed by atoms with Gasteiger partial charge in [0.25, 0.3) is 0 Å². The van der Waals surface area contributed by atoms with Crippen LogP contribution in [0.4, 0.5) is 10.8 Å². The zero-order chi connectivity index (χ0) is 25.2. The average molecular weight is 514 g/mol. The second kappa shape index (κ2) is 10.2. The Morgan fingerprint density at radius 1 is 1.09 bits per heavy atom. The molecule has 0 spiro atoms. The van der Waals surface area contributed by atoms with Crippen LogP contribution in [0.15, 0.2) is 47.4 Å². The van der Waals surface area contributed by atoms with Gasteiger partial charge in [-0.2, -0.15) is 0 Å². The minimum absolute atomic E-state index is 0.0905. The van der Waals surface area contributed by atoms with Crippen LogP contribution in [0, 0.1) is 26.7 Å². The summed E-state index contributed by atoms with van der Waals surface area (Å²) in [5, 5.41) is 11.7. The summed E-state index contributed by atoms with van der Waals surface area (Å²) in [4.78, 5) is 27.1. The molecule has 184 valence electrons. The summed E-state index contributed by atoms with van der Waals surface area (Å²) in [5.74, 6) is -0.863. The van der Waals surface area contributed by atoms with Gasteiger partial charge >= 0.3 is 0 Å². The molecule has 0 aliphatic carbocycles. The Bertz CT molecular complexity index is 1350. The Morgan fingerprint density at radius 3 is 2.54 bits per heavy atom. The van der Waals surface area contributed by atoms with E-state index in [1.54, 1.807) is 29.2 Å². The van der Waals surface area contributed by atoms with Gasteiger partial charge in [-0.05, 0) is 56.2 Å². The standard InChI is InChI=1S/C24H27N5O4S2/c1-15-4-8-20(9-5-15)35(32,33)25-11-10-21-27-28-24(34-21)26-23(31)18-13-22(30)29(14-18)19-7-6-16(2)17(3)12-19/h4-9,12,18,25H,10-11,13-14H2,1-3H3,(H,26,28,31). The van der Waals surface area contributed by atoms with Gasteiger partial charge in [0.2, 0.25) is 27.0 Å². The van der Waals surface area contributed by atoms with E-state index < -0.39 is 15.9 Å². The topological polar surface area (TPSA) is 121 Å². The number of aryl methyl sites for hydroxylation is 3. The molecule has 0 saturated carbocycles. The number of rotatable bonds is 8. The fourth-order valence-corrected chi connectivity index (χ4v) is 5.51. The molecule has 2 amide bonds. The lowest BCUT2D eigenvalue weighted by atomic mass is 10.1. The number of nitrogens with zero attached hydrogens (tertiary/aromatic N) is 3. The number of carbonyl (C=O) groups is 2. The van der Waals surface area contributed by atoms with Crippen molar-refractivity contribution in [3.8, 4) is 0 Å². The van der Waals surface area contributed by atoms with Crippen LogP contribution >= 0.6 is 11.3 Å². The predicted octanol–water partition coefficient (Wildman–Crippen LogP) is 2.98. The van der Waals surface area contributed by atoms with E-state index in [1.165, 1.54) is 11.3 Å². The monoisotopic (exact) mass is 513 g/mol. The van der Waals surface area contributed by atoms with Crippen LogP contribution in [0.2, 0.25) is 0 Å². The summed E-state index contributed by atoms with van der Waals surface area (Å²) in [6, 6.07) is 12.4. The molecule has 0 bridgehead atoms. The van der Waals surface area contributed by atoms with E-state index in [0.29, 0.717) is 23.1 Å². The van der Waals surface area contributed by atoms with Crippen molar-refractivity contribution in [2.24, 2.45) is 5.92 Å². The van der Waals surface area contributed by atoms with Crippen molar-refractivity contribution >= 4 is 44.0 Å². The molecule has 1 aromatic heterocycles. The molecule has 2 heterocycles. The molecule has 2 N–H and O–H groups in total. The van der Waals surface area contributed by atoms with Crippen molar-refractivity contribution in [2.45, 2.75) is 38.5 Å². The van der Waals surface area contributed by atoms with Gasteiger partial charge in [0.15, 0.2) is 0 Å². The summed E-state index contributed by atoms with van der Waals surface area (Å²) in [5.41, 5.74) is 4.00. The number of hydrogen-bond donors (Lipinski definition) is 2. The van der Waals surface area contributed by atoms with Gasteiger partial charge in [-0.3, -0.25) is 9.59 Å². The molecule has 2 aromatic carbocycles. The summed E-state index contributed by atoms with van der Waals surface area (Å²) in [6.45, 7) is 6.35. The van der Waals surface area contributed by atoms with Crippen molar-refractivity contribution in [2.75, 3.05) is 23.3 Å². The zero-order valence-electron chi connectivity index (χ0n) is 19.7. The molecule has 35 heavy (non-hydrogen) atoms. The number of aromatic nitrogens is 2. The second-order valence-corrected chi connectivity index (χ2v) is 11.5. The van der Waals surface area contributed by atoms with Gasteiger partial charge in [0.05, 0.1) is 10.8 Å². The van der Waals surface area contributed by atoms with Crippen LogP contribution in [0.3, 0.4) is 0 Å². The highest BCUT2D eigenvalue weighted by molar-refractivity contribution is 7.89. The first-order valence-corrected chi connectivity index (χ1v) is 13.5. The van der Waals surface area contributed by atoms with Crippen LogP contribution in [-0.2, 0) is 26.0 Å². The number of nitrogens with one attached hydrogen (secondary N) is 2. The second-order valence-electron chi connectivity index (χ2n) is 8.62. The Kier molecular flexibility index (Phi) is 7.29. The Morgan fingerprint density at radius 2 is 1.83 bits per heavy atom. The number of benzene rings is 2. The molecule has 1 fully saturated rings.